The van der Waals surface area contributed by atoms with Crippen LogP contribution in [0.1, 0.15) is 98.3 Å². The summed E-state index contributed by atoms with van der Waals surface area (Å²) in [6.45, 7) is 9.94. The molecule has 0 radical (unpaired) electrons. The van der Waals surface area contributed by atoms with Crippen LogP contribution in [0.5, 0.6) is 0 Å². The third kappa shape index (κ3) is 2.98. The molecule has 0 spiro atoms. The summed E-state index contributed by atoms with van der Waals surface area (Å²) in [6.07, 6.45) is 16.0. The lowest BCUT2D eigenvalue weighted by Gasteiger charge is -2.48. The molecule has 2 saturated carbocycles. The molecule has 0 N–H and O–H groups in total. The number of hydrogen-bond acceptors (Lipinski definition) is 1. The van der Waals surface area contributed by atoms with E-state index in [0.717, 1.165) is 41.7 Å². The van der Waals surface area contributed by atoms with Gasteiger partial charge in [0.1, 0.15) is 0 Å². The summed E-state index contributed by atoms with van der Waals surface area (Å²) < 4.78 is 0. The lowest BCUT2D eigenvalue weighted by molar-refractivity contribution is 0.0596. The van der Waals surface area contributed by atoms with E-state index >= 15 is 0 Å². The van der Waals surface area contributed by atoms with Crippen molar-refractivity contribution in [3.05, 3.63) is 11.3 Å². The summed E-state index contributed by atoms with van der Waals surface area (Å²) in [7, 11) is 0. The van der Waals surface area contributed by atoms with Crippen molar-refractivity contribution in [2.24, 2.45) is 29.6 Å². The van der Waals surface area contributed by atoms with Gasteiger partial charge in [0, 0.05) is 29.6 Å². The van der Waals surface area contributed by atoms with Gasteiger partial charge in [-0.3, -0.25) is 0 Å². The number of hydrogen-bond donors (Lipinski definition) is 0. The lowest BCUT2D eigenvalue weighted by Crippen LogP contribution is -2.48. The maximum Gasteiger partial charge on any atom is 0.0358 e. The fraction of sp³-hybridized carbons (Fsp3) is 0.917. The molecule has 1 heteroatoms. The number of fused-ring (bicyclic) bond motifs is 3. The summed E-state index contributed by atoms with van der Waals surface area (Å²) in [5.74, 6) is 4.62. The largest absolute Gasteiger partial charge is 0.368 e. The van der Waals surface area contributed by atoms with Crippen LogP contribution in [-0.2, 0) is 0 Å². The smallest absolute Gasteiger partial charge is 0.0358 e. The number of piperidine rings is 1. The highest BCUT2D eigenvalue weighted by Crippen LogP contribution is 2.56. The summed E-state index contributed by atoms with van der Waals surface area (Å²) >= 11 is 0. The summed E-state index contributed by atoms with van der Waals surface area (Å²) in [5.41, 5.74) is 3.92. The molecule has 25 heavy (non-hydrogen) atoms. The maximum absolute atomic E-state index is 3.02. The molecule has 0 aromatic carbocycles. The number of rotatable bonds is 4. The second kappa shape index (κ2) is 7.28. The molecule has 1 saturated heterocycles. The molecule has 6 atom stereocenters. The molecule has 2 heterocycles. The Morgan fingerprint density at radius 2 is 1.72 bits per heavy atom. The van der Waals surface area contributed by atoms with Gasteiger partial charge in [-0.1, -0.05) is 40.0 Å². The van der Waals surface area contributed by atoms with Gasteiger partial charge in [0.05, 0.1) is 0 Å². The monoisotopic (exact) mass is 343 g/mol. The number of allylic oxidation sites excluding steroid dienone is 1. The zero-order chi connectivity index (χ0) is 17.6. The molecule has 2 aliphatic carbocycles. The van der Waals surface area contributed by atoms with Crippen LogP contribution >= 0.6 is 0 Å². The van der Waals surface area contributed by atoms with Crippen molar-refractivity contribution in [3.8, 4) is 0 Å². The second-order valence-corrected chi connectivity index (χ2v) is 9.97. The molecule has 0 aromatic rings. The van der Waals surface area contributed by atoms with Gasteiger partial charge in [-0.2, -0.15) is 0 Å². The standard InChI is InChI=1S/C24H41N/c1-5-9-19-15-17(4)25-22-14-16(3)12-13-21(22)23(18-10-7-8-11-18)24(25)20(19)6-2/h16-22H,5-15H2,1-4H3. The average Bonchev–Trinajstić information content (AvgIpc) is 3.21. The van der Waals surface area contributed by atoms with E-state index in [9.17, 15) is 0 Å². The number of nitrogens with zero attached hydrogens (tertiary/aromatic N) is 1. The molecule has 1 nitrogen and oxygen atoms in total. The first kappa shape index (κ1) is 17.9. The van der Waals surface area contributed by atoms with E-state index < -0.39 is 0 Å². The van der Waals surface area contributed by atoms with Crippen LogP contribution < -0.4 is 0 Å². The highest BCUT2D eigenvalue weighted by molar-refractivity contribution is 5.33. The first-order chi connectivity index (χ1) is 12.2. The van der Waals surface area contributed by atoms with Gasteiger partial charge in [0.25, 0.3) is 0 Å². The Morgan fingerprint density at radius 1 is 0.960 bits per heavy atom. The Labute approximate surface area is 156 Å². The van der Waals surface area contributed by atoms with E-state index in [-0.39, 0.29) is 0 Å². The van der Waals surface area contributed by atoms with Crippen LogP contribution in [-0.4, -0.2) is 17.0 Å². The Morgan fingerprint density at radius 3 is 2.40 bits per heavy atom. The lowest BCUT2D eigenvalue weighted by atomic mass is 9.72. The molecule has 3 fully saturated rings. The molecule has 2 aliphatic heterocycles. The quantitative estimate of drug-likeness (QED) is 0.543. The molecule has 4 rings (SSSR count). The van der Waals surface area contributed by atoms with Crippen molar-refractivity contribution in [3.63, 3.8) is 0 Å². The van der Waals surface area contributed by atoms with Gasteiger partial charge in [0.2, 0.25) is 0 Å². The van der Waals surface area contributed by atoms with E-state index in [1.807, 2.05) is 11.3 Å². The van der Waals surface area contributed by atoms with Gasteiger partial charge in [-0.15, -0.1) is 0 Å². The van der Waals surface area contributed by atoms with E-state index in [4.69, 9.17) is 0 Å². The van der Waals surface area contributed by atoms with E-state index in [1.54, 1.807) is 0 Å². The van der Waals surface area contributed by atoms with Crippen LogP contribution in [0.25, 0.3) is 0 Å². The third-order valence-corrected chi connectivity index (χ3v) is 8.34. The van der Waals surface area contributed by atoms with Crippen molar-refractivity contribution in [1.29, 1.82) is 0 Å². The normalized spacial score (nSPS) is 42.0. The van der Waals surface area contributed by atoms with Crippen LogP contribution in [0.4, 0.5) is 0 Å². The van der Waals surface area contributed by atoms with Crippen LogP contribution in [0.2, 0.25) is 0 Å². The fourth-order valence-electron chi connectivity index (χ4n) is 7.41. The second-order valence-electron chi connectivity index (χ2n) is 9.97. The minimum Gasteiger partial charge on any atom is -0.368 e. The zero-order valence-electron chi connectivity index (χ0n) is 17.3. The molecular formula is C24H41N. The van der Waals surface area contributed by atoms with Gasteiger partial charge in [-0.05, 0) is 81.6 Å². The Kier molecular flexibility index (Phi) is 5.22. The van der Waals surface area contributed by atoms with Gasteiger partial charge >= 0.3 is 0 Å². The van der Waals surface area contributed by atoms with Gasteiger partial charge in [-0.25, -0.2) is 0 Å². The van der Waals surface area contributed by atoms with Gasteiger partial charge < -0.3 is 4.90 Å². The molecule has 0 aromatic heterocycles. The van der Waals surface area contributed by atoms with Crippen LogP contribution in [0.15, 0.2) is 11.3 Å². The maximum atomic E-state index is 3.02. The molecule has 4 aliphatic rings. The van der Waals surface area contributed by atoms with Crippen molar-refractivity contribution in [2.75, 3.05) is 0 Å². The molecule has 6 unspecified atom stereocenters. The Hall–Kier alpha value is -0.460. The topological polar surface area (TPSA) is 3.24 Å². The molecule has 142 valence electrons. The summed E-state index contributed by atoms with van der Waals surface area (Å²) in [4.78, 5) is 3.02. The SMILES string of the molecule is CCCC1CC(C)N2C(=C(C3CCCC3)C3CCC(C)CC32)C1CC. The van der Waals surface area contributed by atoms with Crippen LogP contribution in [0, 0.1) is 29.6 Å². The van der Waals surface area contributed by atoms with Gasteiger partial charge in [0.15, 0.2) is 0 Å². The first-order valence-corrected chi connectivity index (χ1v) is 11.7. The van der Waals surface area contributed by atoms with Crippen molar-refractivity contribution in [1.82, 2.24) is 4.90 Å². The zero-order valence-corrected chi connectivity index (χ0v) is 17.3. The van der Waals surface area contributed by atoms with E-state index in [0.29, 0.717) is 0 Å². The van der Waals surface area contributed by atoms with E-state index in [1.165, 1.54) is 70.6 Å². The third-order valence-electron chi connectivity index (χ3n) is 8.34. The van der Waals surface area contributed by atoms with Crippen molar-refractivity contribution >= 4 is 0 Å². The summed E-state index contributed by atoms with van der Waals surface area (Å²) in [6, 6.07) is 1.65. The molecule has 0 bridgehead atoms. The predicted molar refractivity (Wildman–Crippen MR) is 107 cm³/mol. The highest BCUT2D eigenvalue weighted by Gasteiger charge is 2.51. The molecular weight excluding hydrogens is 302 g/mol. The first-order valence-electron chi connectivity index (χ1n) is 11.7. The minimum atomic E-state index is 0.783. The Balaban J connectivity index is 1.76. The summed E-state index contributed by atoms with van der Waals surface area (Å²) in [5, 5.41) is 0. The fourth-order valence-corrected chi connectivity index (χ4v) is 7.41. The Bertz CT molecular complexity index is 500. The van der Waals surface area contributed by atoms with Crippen molar-refractivity contribution < 1.29 is 0 Å². The van der Waals surface area contributed by atoms with Crippen LogP contribution in [0.3, 0.4) is 0 Å². The minimum absolute atomic E-state index is 0.783. The molecule has 0 amide bonds. The average molecular weight is 344 g/mol. The van der Waals surface area contributed by atoms with Crippen molar-refractivity contribution in [2.45, 2.75) is 110 Å². The highest BCUT2D eigenvalue weighted by atomic mass is 15.2. The van der Waals surface area contributed by atoms with E-state index in [2.05, 4.69) is 32.6 Å². The predicted octanol–water partition coefficient (Wildman–Crippen LogP) is 6.79.